The number of ketones is 1. The minimum Gasteiger partial charge on any atom is -0.761 e. The Morgan fingerprint density at radius 1 is 1.22 bits per heavy atom. The molecule has 1 heterocycles. The zero-order valence-corrected chi connectivity index (χ0v) is 18.5. The molecule has 1 aromatic carbocycles. The lowest BCUT2D eigenvalue weighted by Crippen LogP contribution is -2.34. The fourth-order valence-electron chi connectivity index (χ4n) is 4.35. The van der Waals surface area contributed by atoms with E-state index in [9.17, 15) is 10.0 Å². The summed E-state index contributed by atoms with van der Waals surface area (Å²) in [5, 5.41) is 20.1. The highest BCUT2D eigenvalue weighted by Crippen LogP contribution is 2.34. The Kier molecular flexibility index (Phi) is 6.79. The maximum atomic E-state index is 12.2. The van der Waals surface area contributed by atoms with Crippen LogP contribution in [0.4, 0.5) is 0 Å². The number of imidazole rings is 1. The van der Waals surface area contributed by atoms with E-state index in [1.807, 2.05) is 18.2 Å². The zero-order chi connectivity index (χ0) is 22.7. The summed E-state index contributed by atoms with van der Waals surface area (Å²) < 4.78 is 4.55. The van der Waals surface area contributed by atoms with Crippen LogP contribution in [0.3, 0.4) is 0 Å². The van der Waals surface area contributed by atoms with Gasteiger partial charge in [-0.25, -0.2) is 14.4 Å². The third-order valence-corrected chi connectivity index (χ3v) is 6.14. The molecule has 2 aromatic rings. The number of nitrogens with zero attached hydrogens (tertiary/aromatic N) is 4. The summed E-state index contributed by atoms with van der Waals surface area (Å²) in [6, 6.07) is 10.9. The van der Waals surface area contributed by atoms with Crippen LogP contribution in [0.25, 0.3) is 11.3 Å². The molecule has 2 aliphatic carbocycles. The van der Waals surface area contributed by atoms with Crippen molar-refractivity contribution in [2.75, 3.05) is 0 Å². The van der Waals surface area contributed by atoms with Crippen molar-refractivity contribution in [3.05, 3.63) is 77.9 Å². The van der Waals surface area contributed by atoms with Crippen molar-refractivity contribution in [3.63, 3.8) is 0 Å². The highest BCUT2D eigenvalue weighted by atomic mass is 16.8. The van der Waals surface area contributed by atoms with E-state index >= 15 is 0 Å². The Morgan fingerprint density at radius 3 is 2.69 bits per heavy atom. The largest absolute Gasteiger partial charge is 0.761 e. The van der Waals surface area contributed by atoms with Gasteiger partial charge in [0.25, 0.3) is 0 Å². The van der Waals surface area contributed by atoms with Crippen molar-refractivity contribution in [1.29, 1.82) is 0 Å². The van der Waals surface area contributed by atoms with Gasteiger partial charge < -0.3 is 10.4 Å². The molecule has 1 fully saturated rings. The van der Waals surface area contributed by atoms with Gasteiger partial charge in [0, 0.05) is 17.4 Å². The van der Waals surface area contributed by atoms with Gasteiger partial charge in [-0.2, -0.15) is 0 Å². The van der Waals surface area contributed by atoms with Crippen LogP contribution in [-0.4, -0.2) is 33.0 Å². The number of benzene rings is 1. The zero-order valence-electron chi connectivity index (χ0n) is 18.5. The molecule has 2 atom stereocenters. The molecule has 0 spiro atoms. The quantitative estimate of drug-likeness (QED) is 0.417. The Labute approximate surface area is 188 Å². The van der Waals surface area contributed by atoms with Crippen LogP contribution >= 0.6 is 0 Å². The number of carbonyl (C=O) groups excluding carboxylic acids is 1. The summed E-state index contributed by atoms with van der Waals surface area (Å²) >= 11 is 0. The molecule has 7 heteroatoms. The highest BCUT2D eigenvalue weighted by Gasteiger charge is 2.33. The molecule has 0 saturated heterocycles. The summed E-state index contributed by atoms with van der Waals surface area (Å²) in [6.45, 7) is 4.33. The van der Waals surface area contributed by atoms with E-state index < -0.39 is 0 Å². The van der Waals surface area contributed by atoms with Gasteiger partial charge in [-0.1, -0.05) is 42.8 Å². The summed E-state index contributed by atoms with van der Waals surface area (Å²) in [5.41, 5.74) is 2.61. The lowest BCUT2D eigenvalue weighted by molar-refractivity contribution is -0.715. The third kappa shape index (κ3) is 4.80. The molecular weight excluding hydrogens is 404 g/mol. The summed E-state index contributed by atoms with van der Waals surface area (Å²) in [4.78, 5) is 17.0. The lowest BCUT2D eigenvalue weighted by Gasteiger charge is -2.28. The second kappa shape index (κ2) is 9.73. The third-order valence-electron chi connectivity index (χ3n) is 6.14. The van der Waals surface area contributed by atoms with Gasteiger partial charge in [0.15, 0.2) is 11.5 Å². The fourth-order valence-corrected chi connectivity index (χ4v) is 4.35. The highest BCUT2D eigenvalue weighted by molar-refractivity contribution is 6.19. The minimum absolute atomic E-state index is 0.0137. The van der Waals surface area contributed by atoms with E-state index in [0.717, 1.165) is 36.9 Å². The van der Waals surface area contributed by atoms with Crippen LogP contribution < -0.4 is 4.57 Å². The molecule has 0 unspecified atom stereocenters. The SMILES string of the molecule is CC(C)[n+]1cc(-c2ccccc2)n([C@@H]2CCCC[C@H]2N=CC2=C[C](N([O-])O)C=CC2=O)c1. The number of hydrogen-bond donors (Lipinski definition) is 1. The molecule has 0 amide bonds. The van der Waals surface area contributed by atoms with E-state index in [2.05, 4.69) is 47.6 Å². The Hall–Kier alpha value is -2.87. The first-order chi connectivity index (χ1) is 15.4. The average Bonchev–Trinajstić information content (AvgIpc) is 3.25. The van der Waals surface area contributed by atoms with E-state index in [0.29, 0.717) is 11.6 Å². The molecule has 0 bridgehead atoms. The molecular formula is C25H29N4O3. The second-order valence-electron chi connectivity index (χ2n) is 8.64. The van der Waals surface area contributed by atoms with E-state index in [-0.39, 0.29) is 29.1 Å². The van der Waals surface area contributed by atoms with Crippen molar-refractivity contribution in [1.82, 2.24) is 9.79 Å². The standard InChI is InChI=1S/C25H29N4O3/c1-18(2)27-16-24(19-8-4-3-5-9-19)28(17-27)23-11-7-6-10-22(23)26-15-20-14-21(29(31)32)12-13-25(20)30/h3-5,8-9,12-18,22-23,31H,6-7,10-11H2,1-2H3/t22-,23-/m1/s1. The molecule has 2 aliphatic rings. The van der Waals surface area contributed by atoms with E-state index in [1.165, 1.54) is 18.2 Å². The van der Waals surface area contributed by atoms with Crippen LogP contribution in [-0.2, 0) is 4.79 Å². The van der Waals surface area contributed by atoms with Gasteiger partial charge in [-0.3, -0.25) is 9.79 Å². The van der Waals surface area contributed by atoms with Crippen molar-refractivity contribution < 1.29 is 14.6 Å². The molecule has 167 valence electrons. The first kappa shape index (κ1) is 22.3. The number of hydrogen-bond acceptors (Lipinski definition) is 5. The van der Waals surface area contributed by atoms with Crippen molar-refractivity contribution in [2.45, 2.75) is 57.7 Å². The summed E-state index contributed by atoms with van der Waals surface area (Å²) in [5.74, 6) is -0.227. The topological polar surface area (TPSA) is 84.8 Å². The predicted molar refractivity (Wildman–Crippen MR) is 123 cm³/mol. The molecule has 1 N–H and O–H groups in total. The van der Waals surface area contributed by atoms with Gasteiger partial charge in [0.1, 0.15) is 12.2 Å². The molecule has 1 radical (unpaired) electrons. The van der Waals surface area contributed by atoms with Crippen molar-refractivity contribution in [2.24, 2.45) is 4.99 Å². The summed E-state index contributed by atoms with van der Waals surface area (Å²) in [7, 11) is 0. The van der Waals surface area contributed by atoms with Gasteiger partial charge in [-0.05, 0) is 45.3 Å². The minimum atomic E-state index is -0.239. The molecule has 4 rings (SSSR count). The fraction of sp³-hybridized carbons (Fsp3) is 0.360. The Balaban J connectivity index is 1.66. The number of aromatic nitrogens is 2. The van der Waals surface area contributed by atoms with Crippen LogP contribution in [0.5, 0.6) is 0 Å². The normalized spacial score (nSPS) is 22.3. The maximum Gasteiger partial charge on any atom is 0.244 e. The van der Waals surface area contributed by atoms with E-state index in [4.69, 9.17) is 10.2 Å². The van der Waals surface area contributed by atoms with Crippen LogP contribution in [0, 0.1) is 11.2 Å². The van der Waals surface area contributed by atoms with Gasteiger partial charge >= 0.3 is 0 Å². The van der Waals surface area contributed by atoms with Crippen molar-refractivity contribution in [3.8, 4) is 11.3 Å². The molecule has 1 aromatic heterocycles. The average molecular weight is 434 g/mol. The first-order valence-electron chi connectivity index (χ1n) is 11.1. The first-order valence-corrected chi connectivity index (χ1v) is 11.1. The van der Waals surface area contributed by atoms with Crippen LogP contribution in [0.1, 0.15) is 51.6 Å². The monoisotopic (exact) mass is 433 g/mol. The predicted octanol–water partition coefficient (Wildman–Crippen LogP) is 4.36. The van der Waals surface area contributed by atoms with Crippen LogP contribution in [0.15, 0.2) is 71.6 Å². The molecule has 0 aliphatic heterocycles. The maximum absolute atomic E-state index is 12.2. The van der Waals surface area contributed by atoms with E-state index in [1.54, 1.807) is 6.21 Å². The van der Waals surface area contributed by atoms with Crippen LogP contribution in [0.2, 0.25) is 0 Å². The second-order valence-corrected chi connectivity index (χ2v) is 8.64. The Morgan fingerprint density at radius 2 is 1.97 bits per heavy atom. The number of aliphatic imine (C=N–C) groups is 1. The molecule has 1 saturated carbocycles. The molecule has 32 heavy (non-hydrogen) atoms. The number of rotatable bonds is 6. The van der Waals surface area contributed by atoms with Crippen molar-refractivity contribution >= 4 is 12.0 Å². The smallest absolute Gasteiger partial charge is 0.244 e. The number of allylic oxidation sites excluding steroid dienone is 2. The lowest BCUT2D eigenvalue weighted by atomic mass is 9.90. The van der Waals surface area contributed by atoms with Gasteiger partial charge in [-0.15, -0.1) is 0 Å². The molecule has 7 nitrogen and oxygen atoms in total. The summed E-state index contributed by atoms with van der Waals surface area (Å²) in [6.07, 6.45) is 14.0. The van der Waals surface area contributed by atoms with Gasteiger partial charge in [0.2, 0.25) is 6.33 Å². The number of carbonyl (C=O) groups is 1. The Bertz CT molecular complexity index is 1040. The van der Waals surface area contributed by atoms with Gasteiger partial charge in [0.05, 0.1) is 18.1 Å². The number of hydroxylamine groups is 2.